The zero-order valence-electron chi connectivity index (χ0n) is 10.6. The Kier molecular flexibility index (Phi) is 4.08. The SMILES string of the molecule is Cc1nc(Cc2nc(-c3ccc(Cl)c(Cl)c3)cs2)cs1. The quantitative estimate of drug-likeness (QED) is 0.631. The van der Waals surface area contributed by atoms with Gasteiger partial charge in [0.25, 0.3) is 0 Å². The molecule has 0 bridgehead atoms. The lowest BCUT2D eigenvalue weighted by atomic mass is 10.2. The summed E-state index contributed by atoms with van der Waals surface area (Å²) in [7, 11) is 0. The predicted octanol–water partition coefficient (Wildman–Crippen LogP) is 5.47. The summed E-state index contributed by atoms with van der Waals surface area (Å²) in [5.41, 5.74) is 2.98. The lowest BCUT2D eigenvalue weighted by Crippen LogP contribution is -1.88. The third-order valence-electron chi connectivity index (χ3n) is 2.77. The van der Waals surface area contributed by atoms with E-state index in [1.54, 1.807) is 28.7 Å². The molecule has 0 amide bonds. The van der Waals surface area contributed by atoms with Gasteiger partial charge in [-0.05, 0) is 19.1 Å². The van der Waals surface area contributed by atoms with E-state index in [0.717, 1.165) is 33.4 Å². The molecular formula is C14H10Cl2N2S2. The number of halogens is 2. The van der Waals surface area contributed by atoms with E-state index in [4.69, 9.17) is 23.2 Å². The molecule has 2 aromatic heterocycles. The fourth-order valence-corrected chi connectivity index (χ4v) is 3.55. The molecule has 3 rings (SSSR count). The molecule has 2 nitrogen and oxygen atoms in total. The molecule has 3 aromatic rings. The van der Waals surface area contributed by atoms with Crippen molar-refractivity contribution >= 4 is 45.9 Å². The Morgan fingerprint density at radius 2 is 1.90 bits per heavy atom. The zero-order chi connectivity index (χ0) is 14.1. The van der Waals surface area contributed by atoms with Crippen LogP contribution in [0.1, 0.15) is 15.7 Å². The number of thiazole rings is 2. The second kappa shape index (κ2) is 5.82. The summed E-state index contributed by atoms with van der Waals surface area (Å²) in [5.74, 6) is 0. The van der Waals surface area contributed by atoms with Gasteiger partial charge in [0.05, 0.1) is 31.4 Å². The van der Waals surface area contributed by atoms with Gasteiger partial charge in [-0.3, -0.25) is 0 Å². The molecule has 0 saturated carbocycles. The Balaban J connectivity index is 1.84. The van der Waals surface area contributed by atoms with Crippen molar-refractivity contribution in [3.8, 4) is 11.3 Å². The van der Waals surface area contributed by atoms with E-state index in [0.29, 0.717) is 10.0 Å². The van der Waals surface area contributed by atoms with E-state index in [1.807, 2.05) is 24.4 Å². The lowest BCUT2D eigenvalue weighted by Gasteiger charge is -1.99. The molecule has 0 fully saturated rings. The van der Waals surface area contributed by atoms with Crippen molar-refractivity contribution < 1.29 is 0 Å². The van der Waals surface area contributed by atoms with Crippen molar-refractivity contribution in [2.45, 2.75) is 13.3 Å². The zero-order valence-corrected chi connectivity index (χ0v) is 13.7. The van der Waals surface area contributed by atoms with Crippen molar-refractivity contribution in [3.05, 3.63) is 54.7 Å². The van der Waals surface area contributed by atoms with E-state index < -0.39 is 0 Å². The highest BCUT2D eigenvalue weighted by atomic mass is 35.5. The van der Waals surface area contributed by atoms with Crippen molar-refractivity contribution in [3.63, 3.8) is 0 Å². The van der Waals surface area contributed by atoms with Gasteiger partial charge in [0, 0.05) is 22.7 Å². The van der Waals surface area contributed by atoms with Gasteiger partial charge in [-0.25, -0.2) is 9.97 Å². The van der Waals surface area contributed by atoms with E-state index in [9.17, 15) is 0 Å². The molecule has 0 aliphatic rings. The maximum absolute atomic E-state index is 6.04. The Hall–Kier alpha value is -0.940. The predicted molar refractivity (Wildman–Crippen MR) is 87.2 cm³/mol. The first-order chi connectivity index (χ1) is 9.61. The van der Waals surface area contributed by atoms with Crippen molar-refractivity contribution in [2.75, 3.05) is 0 Å². The maximum Gasteiger partial charge on any atom is 0.0992 e. The van der Waals surface area contributed by atoms with Gasteiger partial charge in [-0.2, -0.15) is 0 Å². The van der Waals surface area contributed by atoms with Crippen LogP contribution in [0.25, 0.3) is 11.3 Å². The van der Waals surface area contributed by atoms with E-state index in [2.05, 4.69) is 15.3 Å². The summed E-state index contributed by atoms with van der Waals surface area (Å²) in [6.45, 7) is 2.01. The van der Waals surface area contributed by atoms with Gasteiger partial charge in [-0.1, -0.05) is 29.3 Å². The van der Waals surface area contributed by atoms with Crippen LogP contribution in [-0.2, 0) is 6.42 Å². The monoisotopic (exact) mass is 340 g/mol. The Labute approximate surface area is 135 Å². The number of rotatable bonds is 3. The topological polar surface area (TPSA) is 25.8 Å². The average molecular weight is 341 g/mol. The third-order valence-corrected chi connectivity index (χ3v) is 5.18. The largest absolute Gasteiger partial charge is 0.246 e. The van der Waals surface area contributed by atoms with Crippen molar-refractivity contribution in [1.29, 1.82) is 0 Å². The van der Waals surface area contributed by atoms with Crippen molar-refractivity contribution in [1.82, 2.24) is 9.97 Å². The minimum atomic E-state index is 0.550. The number of aromatic nitrogens is 2. The lowest BCUT2D eigenvalue weighted by molar-refractivity contribution is 1.06. The minimum Gasteiger partial charge on any atom is -0.246 e. The van der Waals surface area contributed by atoms with Crippen LogP contribution in [0.4, 0.5) is 0 Å². The molecule has 0 spiro atoms. The summed E-state index contributed by atoms with van der Waals surface area (Å²) < 4.78 is 0. The molecule has 0 aliphatic heterocycles. The second-order valence-corrected chi connectivity index (χ2v) is 7.11. The van der Waals surface area contributed by atoms with Crippen LogP contribution in [0.2, 0.25) is 10.0 Å². The molecule has 102 valence electrons. The van der Waals surface area contributed by atoms with E-state index >= 15 is 0 Å². The molecule has 6 heteroatoms. The van der Waals surface area contributed by atoms with Crippen LogP contribution in [0.3, 0.4) is 0 Å². The second-order valence-electron chi connectivity index (χ2n) is 4.29. The highest BCUT2D eigenvalue weighted by Gasteiger charge is 2.08. The molecule has 0 saturated heterocycles. The molecule has 0 unspecified atom stereocenters. The van der Waals surface area contributed by atoms with E-state index in [-0.39, 0.29) is 0 Å². The van der Waals surface area contributed by atoms with Gasteiger partial charge >= 0.3 is 0 Å². The van der Waals surface area contributed by atoms with Crippen LogP contribution in [0, 0.1) is 6.92 Å². The minimum absolute atomic E-state index is 0.550. The highest BCUT2D eigenvalue weighted by Crippen LogP contribution is 2.29. The number of hydrogen-bond acceptors (Lipinski definition) is 4. The summed E-state index contributed by atoms with van der Waals surface area (Å²) in [5, 5.41) is 7.36. The van der Waals surface area contributed by atoms with Crippen LogP contribution >= 0.6 is 45.9 Å². The van der Waals surface area contributed by atoms with Gasteiger partial charge < -0.3 is 0 Å². The van der Waals surface area contributed by atoms with Crippen LogP contribution < -0.4 is 0 Å². The summed E-state index contributed by atoms with van der Waals surface area (Å²) >= 11 is 15.3. The normalized spacial score (nSPS) is 10.9. The van der Waals surface area contributed by atoms with Gasteiger partial charge in [-0.15, -0.1) is 22.7 Å². The first-order valence-corrected chi connectivity index (χ1v) is 8.44. The Morgan fingerprint density at radius 3 is 2.60 bits per heavy atom. The summed E-state index contributed by atoms with van der Waals surface area (Å²) in [6.07, 6.45) is 0.774. The fraction of sp³-hybridized carbons (Fsp3) is 0.143. The van der Waals surface area contributed by atoms with Crippen LogP contribution in [-0.4, -0.2) is 9.97 Å². The first kappa shape index (κ1) is 14.0. The van der Waals surface area contributed by atoms with Crippen molar-refractivity contribution in [2.24, 2.45) is 0 Å². The number of benzene rings is 1. The Morgan fingerprint density at radius 1 is 1.05 bits per heavy atom. The standard InChI is InChI=1S/C14H10Cl2N2S2/c1-8-17-10(6-19-8)5-14-18-13(7-20-14)9-2-3-11(15)12(16)4-9/h2-4,6-7H,5H2,1H3. The van der Waals surface area contributed by atoms with Gasteiger partial charge in [0.1, 0.15) is 0 Å². The number of aryl methyl sites for hydroxylation is 1. The van der Waals surface area contributed by atoms with Gasteiger partial charge in [0.2, 0.25) is 0 Å². The number of hydrogen-bond donors (Lipinski definition) is 0. The summed E-state index contributed by atoms with van der Waals surface area (Å²) in [6, 6.07) is 5.57. The number of nitrogens with zero attached hydrogens (tertiary/aromatic N) is 2. The molecule has 1 aromatic carbocycles. The third kappa shape index (κ3) is 3.04. The van der Waals surface area contributed by atoms with E-state index in [1.165, 1.54) is 0 Å². The van der Waals surface area contributed by atoms with Crippen LogP contribution in [0.15, 0.2) is 29.0 Å². The fourth-order valence-electron chi connectivity index (χ4n) is 1.82. The molecule has 0 N–H and O–H groups in total. The molecule has 0 radical (unpaired) electrons. The maximum atomic E-state index is 6.04. The van der Waals surface area contributed by atoms with Crippen LogP contribution in [0.5, 0.6) is 0 Å². The summed E-state index contributed by atoms with van der Waals surface area (Å²) in [4.78, 5) is 9.10. The van der Waals surface area contributed by atoms with Gasteiger partial charge in [0.15, 0.2) is 0 Å². The molecular weight excluding hydrogens is 331 g/mol. The molecule has 0 atom stereocenters. The molecule has 20 heavy (non-hydrogen) atoms. The average Bonchev–Trinajstić information content (AvgIpc) is 3.03. The molecule has 0 aliphatic carbocycles. The smallest absolute Gasteiger partial charge is 0.0992 e. The Bertz CT molecular complexity index is 749. The molecule has 2 heterocycles. The first-order valence-electron chi connectivity index (χ1n) is 5.92. The highest BCUT2D eigenvalue weighted by molar-refractivity contribution is 7.10.